The molecule has 0 bridgehead atoms. The average molecular weight is 489 g/mol. The van der Waals surface area contributed by atoms with E-state index in [9.17, 15) is 23.2 Å². The number of halogens is 3. The number of rotatable bonds is 5. The highest BCUT2D eigenvalue weighted by Gasteiger charge is 2.31. The van der Waals surface area contributed by atoms with Crippen molar-refractivity contribution >= 4 is 30.5 Å². The third kappa shape index (κ3) is 4.83. The van der Waals surface area contributed by atoms with Gasteiger partial charge in [0.1, 0.15) is 29.2 Å². The van der Waals surface area contributed by atoms with Crippen molar-refractivity contribution in [3.63, 3.8) is 0 Å². The second-order valence-electron chi connectivity index (χ2n) is 7.97. The standard InChI is InChI=1S/C24H23F3N3O3P/c1-29-22-18(4-3-5-20(22)34-2)21(19(14-28)23(29)31)30-12-10-16(11-13-30)32-15-6-8-17(9-7-15)33-24(25,26)27/h3-9,16,34H,10-13H2,1-2H3. The third-order valence-electron chi connectivity index (χ3n) is 5.88. The molecule has 1 fully saturated rings. The minimum atomic E-state index is -4.74. The number of alkyl halides is 3. The Labute approximate surface area is 196 Å². The summed E-state index contributed by atoms with van der Waals surface area (Å²) in [6, 6.07) is 13.3. The van der Waals surface area contributed by atoms with Gasteiger partial charge >= 0.3 is 6.36 Å². The molecule has 1 saturated heterocycles. The topological polar surface area (TPSA) is 67.5 Å². The van der Waals surface area contributed by atoms with Crippen molar-refractivity contribution in [2.24, 2.45) is 7.05 Å². The van der Waals surface area contributed by atoms with Crippen LogP contribution in [0.25, 0.3) is 10.9 Å². The van der Waals surface area contributed by atoms with Gasteiger partial charge < -0.3 is 18.9 Å². The van der Waals surface area contributed by atoms with Crippen LogP contribution in [0.15, 0.2) is 47.3 Å². The van der Waals surface area contributed by atoms with E-state index in [1.807, 2.05) is 18.2 Å². The Hall–Kier alpha value is -3.24. The molecule has 2 heterocycles. The molecule has 1 atom stereocenters. The number of fused-ring (bicyclic) bond motifs is 1. The normalized spacial score (nSPS) is 15.1. The number of nitrogens with zero attached hydrogens (tertiary/aromatic N) is 3. The van der Waals surface area contributed by atoms with Gasteiger partial charge in [0.2, 0.25) is 0 Å². The largest absolute Gasteiger partial charge is 0.573 e. The van der Waals surface area contributed by atoms with Gasteiger partial charge in [-0.2, -0.15) is 5.26 Å². The van der Waals surface area contributed by atoms with E-state index in [2.05, 4.69) is 22.4 Å². The second-order valence-corrected chi connectivity index (χ2v) is 9.01. The molecular weight excluding hydrogens is 466 g/mol. The summed E-state index contributed by atoms with van der Waals surface area (Å²) in [7, 11) is 2.20. The first-order valence-corrected chi connectivity index (χ1v) is 12.2. The number of piperidine rings is 1. The molecule has 1 unspecified atom stereocenters. The summed E-state index contributed by atoms with van der Waals surface area (Å²) in [6.07, 6.45) is -3.60. The quantitative estimate of drug-likeness (QED) is 0.501. The summed E-state index contributed by atoms with van der Waals surface area (Å²) in [5, 5.41) is 11.7. The first kappa shape index (κ1) is 23.9. The first-order valence-electron chi connectivity index (χ1n) is 10.7. The van der Waals surface area contributed by atoms with E-state index < -0.39 is 6.36 Å². The molecule has 0 aliphatic carbocycles. The van der Waals surface area contributed by atoms with E-state index >= 15 is 0 Å². The predicted molar refractivity (Wildman–Crippen MR) is 127 cm³/mol. The molecule has 3 aromatic rings. The number of nitriles is 1. The van der Waals surface area contributed by atoms with Gasteiger partial charge in [0, 0.05) is 38.4 Å². The van der Waals surface area contributed by atoms with Crippen molar-refractivity contribution in [2.75, 3.05) is 24.7 Å². The number of anilines is 1. The summed E-state index contributed by atoms with van der Waals surface area (Å²) < 4.78 is 48.4. The lowest BCUT2D eigenvalue weighted by atomic mass is 10.0. The molecule has 1 aromatic heterocycles. The zero-order chi connectivity index (χ0) is 24.5. The zero-order valence-corrected chi connectivity index (χ0v) is 19.6. The van der Waals surface area contributed by atoms with E-state index in [1.165, 1.54) is 24.3 Å². The minimum absolute atomic E-state index is 0.131. The molecule has 0 radical (unpaired) electrons. The predicted octanol–water partition coefficient (Wildman–Crippen LogP) is 4.29. The highest BCUT2D eigenvalue weighted by atomic mass is 31.1. The smallest absolute Gasteiger partial charge is 0.490 e. The van der Waals surface area contributed by atoms with Gasteiger partial charge in [0.25, 0.3) is 5.56 Å². The Bertz CT molecular complexity index is 1290. The lowest BCUT2D eigenvalue weighted by Crippen LogP contribution is -2.40. The van der Waals surface area contributed by atoms with Gasteiger partial charge in [-0.15, -0.1) is 13.2 Å². The molecule has 0 saturated carbocycles. The second kappa shape index (κ2) is 9.55. The maximum atomic E-state index is 13.0. The lowest BCUT2D eigenvalue weighted by Gasteiger charge is -2.35. The maximum Gasteiger partial charge on any atom is 0.573 e. The Kier molecular flexibility index (Phi) is 6.72. The van der Waals surface area contributed by atoms with Crippen LogP contribution >= 0.6 is 8.58 Å². The number of pyridine rings is 1. The van der Waals surface area contributed by atoms with Crippen LogP contribution in [0.1, 0.15) is 18.4 Å². The zero-order valence-electron chi connectivity index (χ0n) is 18.6. The highest BCUT2D eigenvalue weighted by Crippen LogP contribution is 2.32. The van der Waals surface area contributed by atoms with Crippen molar-refractivity contribution in [1.29, 1.82) is 5.26 Å². The molecule has 178 valence electrons. The van der Waals surface area contributed by atoms with E-state index in [1.54, 1.807) is 11.6 Å². The van der Waals surface area contributed by atoms with Crippen LogP contribution in [0.3, 0.4) is 0 Å². The van der Waals surface area contributed by atoms with Gasteiger partial charge in [-0.3, -0.25) is 4.79 Å². The van der Waals surface area contributed by atoms with Gasteiger partial charge in [-0.1, -0.05) is 26.8 Å². The average Bonchev–Trinajstić information content (AvgIpc) is 2.81. The van der Waals surface area contributed by atoms with Crippen LogP contribution in [-0.2, 0) is 7.05 Å². The third-order valence-corrected chi connectivity index (χ3v) is 6.82. The number of ether oxygens (including phenoxy) is 2. The van der Waals surface area contributed by atoms with E-state index in [4.69, 9.17) is 4.74 Å². The number of hydrogen-bond acceptors (Lipinski definition) is 5. The molecule has 1 aliphatic heterocycles. The maximum absolute atomic E-state index is 13.0. The fourth-order valence-electron chi connectivity index (χ4n) is 4.34. The first-order chi connectivity index (χ1) is 16.2. The van der Waals surface area contributed by atoms with Gasteiger partial charge in [-0.25, -0.2) is 0 Å². The molecule has 4 rings (SSSR count). The van der Waals surface area contributed by atoms with E-state index in [0.29, 0.717) is 45.9 Å². The van der Waals surface area contributed by atoms with Gasteiger partial charge in [-0.05, 0) is 36.2 Å². The molecule has 1 aliphatic rings. The number of benzene rings is 2. The van der Waals surface area contributed by atoms with Crippen LogP contribution in [0.5, 0.6) is 11.5 Å². The molecule has 10 heteroatoms. The van der Waals surface area contributed by atoms with E-state index in [-0.39, 0.29) is 23.0 Å². The Morgan fingerprint density at radius 2 is 1.74 bits per heavy atom. The number of para-hydroxylation sites is 1. The fourth-order valence-corrected chi connectivity index (χ4v) is 5.14. The van der Waals surface area contributed by atoms with Crippen molar-refractivity contribution < 1.29 is 22.6 Å². The number of aromatic nitrogens is 1. The number of aryl methyl sites for hydroxylation is 1. The summed E-state index contributed by atoms with van der Waals surface area (Å²) in [5.74, 6) is 0.154. The monoisotopic (exact) mass is 489 g/mol. The molecule has 2 aromatic carbocycles. The van der Waals surface area contributed by atoms with Crippen LogP contribution in [-0.4, -0.2) is 36.8 Å². The minimum Gasteiger partial charge on any atom is -0.490 e. The van der Waals surface area contributed by atoms with Gasteiger partial charge in [0.15, 0.2) is 0 Å². The highest BCUT2D eigenvalue weighted by molar-refractivity contribution is 7.47. The van der Waals surface area contributed by atoms with Crippen LogP contribution in [0.4, 0.5) is 18.9 Å². The molecular formula is C24H23F3N3O3P. The molecule has 34 heavy (non-hydrogen) atoms. The van der Waals surface area contributed by atoms with Crippen molar-refractivity contribution in [2.45, 2.75) is 25.3 Å². The molecule has 6 nitrogen and oxygen atoms in total. The van der Waals surface area contributed by atoms with Crippen LogP contribution < -0.4 is 25.2 Å². The Balaban J connectivity index is 1.54. The SMILES string of the molecule is CPc1cccc2c(N3CCC(Oc4ccc(OC(F)(F)F)cc4)CC3)c(C#N)c(=O)n(C)c12. The molecule has 0 N–H and O–H groups in total. The van der Waals surface area contributed by atoms with Crippen molar-refractivity contribution in [1.82, 2.24) is 4.57 Å². The Morgan fingerprint density at radius 1 is 1.09 bits per heavy atom. The lowest BCUT2D eigenvalue weighted by molar-refractivity contribution is -0.274. The van der Waals surface area contributed by atoms with Crippen LogP contribution in [0.2, 0.25) is 0 Å². The van der Waals surface area contributed by atoms with E-state index in [0.717, 1.165) is 16.2 Å². The van der Waals surface area contributed by atoms with Crippen LogP contribution in [0, 0.1) is 11.3 Å². The molecule has 0 spiro atoms. The number of hydrogen-bond donors (Lipinski definition) is 0. The van der Waals surface area contributed by atoms with Crippen molar-refractivity contribution in [3.05, 3.63) is 58.4 Å². The fraction of sp³-hybridized carbons (Fsp3) is 0.333. The van der Waals surface area contributed by atoms with Gasteiger partial charge in [0.05, 0.1) is 11.2 Å². The Morgan fingerprint density at radius 3 is 2.32 bits per heavy atom. The summed E-state index contributed by atoms with van der Waals surface area (Å²) in [5.41, 5.74) is 1.33. The van der Waals surface area contributed by atoms with Crippen molar-refractivity contribution in [3.8, 4) is 17.6 Å². The summed E-state index contributed by atoms with van der Waals surface area (Å²) in [6.45, 7) is 3.22. The molecule has 0 amide bonds. The summed E-state index contributed by atoms with van der Waals surface area (Å²) in [4.78, 5) is 15.0. The summed E-state index contributed by atoms with van der Waals surface area (Å²) >= 11 is 0.